The molecule has 0 atom stereocenters. The molecule has 12 heteroatoms. The number of aromatic carboxylic acids is 1. The van der Waals surface area contributed by atoms with Crippen LogP contribution >= 0.6 is 23.4 Å². The van der Waals surface area contributed by atoms with Crippen molar-refractivity contribution in [3.05, 3.63) is 70.6 Å². The van der Waals surface area contributed by atoms with Crippen molar-refractivity contribution in [2.24, 2.45) is 0 Å². The van der Waals surface area contributed by atoms with Gasteiger partial charge in [0, 0.05) is 33.0 Å². The van der Waals surface area contributed by atoms with Crippen LogP contribution in [0.25, 0.3) is 16.6 Å². The lowest BCUT2D eigenvalue weighted by Gasteiger charge is -2.11. The maximum atomic E-state index is 15.4. The third-order valence-electron chi connectivity index (χ3n) is 5.60. The minimum absolute atomic E-state index is 0.0222. The maximum absolute atomic E-state index is 15.4. The van der Waals surface area contributed by atoms with Gasteiger partial charge in [-0.2, -0.15) is 18.3 Å². The number of carbonyl (C=O) groups is 1. The Balaban J connectivity index is 1.74. The number of alkyl halides is 3. The zero-order valence-corrected chi connectivity index (χ0v) is 19.2. The van der Waals surface area contributed by atoms with Crippen LogP contribution in [0, 0.1) is 11.6 Å². The summed E-state index contributed by atoms with van der Waals surface area (Å²) in [5.41, 5.74) is 0.310. The van der Waals surface area contributed by atoms with Gasteiger partial charge >= 0.3 is 12.1 Å². The summed E-state index contributed by atoms with van der Waals surface area (Å²) >= 11 is 6.99. The van der Waals surface area contributed by atoms with Crippen LogP contribution in [0.15, 0.2) is 52.5 Å². The van der Waals surface area contributed by atoms with E-state index in [-0.39, 0.29) is 27.0 Å². The van der Waals surface area contributed by atoms with E-state index in [1.54, 1.807) is 6.07 Å². The molecule has 0 spiro atoms. The lowest BCUT2D eigenvalue weighted by molar-refractivity contribution is -0.142. The molecule has 0 radical (unpaired) electrons. The molecule has 0 unspecified atom stereocenters. The van der Waals surface area contributed by atoms with Gasteiger partial charge in [0.25, 0.3) is 0 Å². The van der Waals surface area contributed by atoms with Gasteiger partial charge in [-0.25, -0.2) is 13.6 Å². The van der Waals surface area contributed by atoms with Crippen molar-refractivity contribution in [1.82, 2.24) is 14.3 Å². The van der Waals surface area contributed by atoms with Gasteiger partial charge in [0.2, 0.25) is 0 Å². The number of carboxylic acids is 1. The second-order valence-corrected chi connectivity index (χ2v) is 9.58. The summed E-state index contributed by atoms with van der Waals surface area (Å²) in [4.78, 5) is 11.9. The fraction of sp³-hybridized carbons (Fsp3) is 0.217. The Bertz CT molecular complexity index is 1480. The SMILES string of the molecule is O=C(O)c1cccc(Sc2c(C3CC3)n(-c3cnn(CC(F)(F)F)c3)c3c(F)c(Cl)ccc23)c1F. The Morgan fingerprint density at radius 1 is 1.17 bits per heavy atom. The highest BCUT2D eigenvalue weighted by Crippen LogP contribution is 2.51. The number of aromatic nitrogens is 3. The van der Waals surface area contributed by atoms with E-state index in [9.17, 15) is 27.5 Å². The second kappa shape index (κ2) is 8.56. The van der Waals surface area contributed by atoms with Crippen molar-refractivity contribution >= 4 is 40.2 Å². The van der Waals surface area contributed by atoms with E-state index in [0.29, 0.717) is 20.7 Å². The highest BCUT2D eigenvalue weighted by Gasteiger charge is 2.35. The minimum Gasteiger partial charge on any atom is -0.478 e. The zero-order chi connectivity index (χ0) is 25.1. The van der Waals surface area contributed by atoms with Crippen molar-refractivity contribution in [3.8, 4) is 5.69 Å². The number of hydrogen-bond acceptors (Lipinski definition) is 3. The highest BCUT2D eigenvalue weighted by molar-refractivity contribution is 7.99. The standard InChI is InChI=1S/C23H15ClF5N3O2S/c24-15-7-6-14-20(18(15)26)32(12-8-30-31(9-12)10-23(27,28)29)19(11-4-5-11)21(14)35-16-3-1-2-13(17(16)25)22(33)34/h1-3,6-9,11H,4-5,10H2,(H,33,34). The second-order valence-electron chi connectivity index (χ2n) is 8.12. The Kier molecular flexibility index (Phi) is 5.79. The first-order valence-electron chi connectivity index (χ1n) is 10.4. The van der Waals surface area contributed by atoms with Gasteiger partial charge in [0.05, 0.1) is 28.0 Å². The molecule has 0 saturated heterocycles. The van der Waals surface area contributed by atoms with Gasteiger partial charge in [-0.05, 0) is 37.1 Å². The molecule has 2 aromatic carbocycles. The number of benzene rings is 2. The maximum Gasteiger partial charge on any atom is 0.408 e. The number of halogens is 6. The van der Waals surface area contributed by atoms with Crippen LogP contribution in [0.1, 0.15) is 34.8 Å². The molecule has 4 aromatic rings. The Morgan fingerprint density at radius 2 is 1.91 bits per heavy atom. The summed E-state index contributed by atoms with van der Waals surface area (Å²) in [6, 6.07) is 6.87. The van der Waals surface area contributed by atoms with Crippen LogP contribution in [0.5, 0.6) is 0 Å². The number of fused-ring (bicyclic) bond motifs is 1. The normalized spacial score (nSPS) is 14.1. The average molecular weight is 528 g/mol. The summed E-state index contributed by atoms with van der Waals surface area (Å²) < 4.78 is 71.2. The van der Waals surface area contributed by atoms with E-state index < -0.39 is 35.9 Å². The summed E-state index contributed by atoms with van der Waals surface area (Å²) in [6.45, 7) is -1.32. The lowest BCUT2D eigenvalue weighted by Crippen LogP contribution is -2.17. The van der Waals surface area contributed by atoms with E-state index in [1.807, 2.05) is 0 Å². The van der Waals surface area contributed by atoms with Crippen molar-refractivity contribution in [1.29, 1.82) is 0 Å². The predicted molar refractivity (Wildman–Crippen MR) is 120 cm³/mol. The average Bonchev–Trinajstić information content (AvgIpc) is 3.43. The van der Waals surface area contributed by atoms with Crippen LogP contribution in [0.4, 0.5) is 22.0 Å². The van der Waals surface area contributed by atoms with Crippen molar-refractivity contribution < 1.29 is 31.9 Å². The zero-order valence-electron chi connectivity index (χ0n) is 17.6. The minimum atomic E-state index is -4.50. The molecule has 1 saturated carbocycles. The predicted octanol–water partition coefficient (Wildman–Crippen LogP) is 7.05. The third kappa shape index (κ3) is 4.38. The van der Waals surface area contributed by atoms with E-state index in [0.717, 1.165) is 30.7 Å². The fourth-order valence-electron chi connectivity index (χ4n) is 4.00. The fourth-order valence-corrected chi connectivity index (χ4v) is 5.36. The van der Waals surface area contributed by atoms with Gasteiger partial charge < -0.3 is 9.67 Å². The molecule has 1 aliphatic carbocycles. The molecular formula is C23H15ClF5N3O2S. The van der Waals surface area contributed by atoms with Gasteiger partial charge in [-0.3, -0.25) is 4.68 Å². The monoisotopic (exact) mass is 527 g/mol. The molecule has 35 heavy (non-hydrogen) atoms. The Morgan fingerprint density at radius 3 is 2.57 bits per heavy atom. The quantitative estimate of drug-likeness (QED) is 0.273. The molecule has 182 valence electrons. The van der Waals surface area contributed by atoms with Crippen LogP contribution in [0.3, 0.4) is 0 Å². The molecule has 1 aliphatic rings. The summed E-state index contributed by atoms with van der Waals surface area (Å²) in [5, 5.41) is 13.3. The molecule has 1 fully saturated rings. The first-order chi connectivity index (χ1) is 16.5. The van der Waals surface area contributed by atoms with E-state index >= 15 is 4.39 Å². The van der Waals surface area contributed by atoms with E-state index in [2.05, 4.69) is 5.10 Å². The van der Waals surface area contributed by atoms with Crippen molar-refractivity contribution in [2.45, 2.75) is 41.3 Å². The number of hydrogen-bond donors (Lipinski definition) is 1. The summed E-state index contributed by atoms with van der Waals surface area (Å²) in [7, 11) is 0. The van der Waals surface area contributed by atoms with Gasteiger partial charge in [-0.15, -0.1) is 0 Å². The Hall–Kier alpha value is -3.05. The summed E-state index contributed by atoms with van der Waals surface area (Å²) in [5.74, 6) is -3.19. The van der Waals surface area contributed by atoms with Crippen LogP contribution in [0.2, 0.25) is 5.02 Å². The molecule has 2 aromatic heterocycles. The lowest BCUT2D eigenvalue weighted by atomic mass is 10.2. The molecule has 1 N–H and O–H groups in total. The molecule has 2 heterocycles. The van der Waals surface area contributed by atoms with Gasteiger partial charge in [0.1, 0.15) is 6.54 Å². The number of rotatable bonds is 6. The number of carboxylic acid groups (broad SMARTS) is 1. The summed E-state index contributed by atoms with van der Waals surface area (Å²) in [6.07, 6.45) is -0.637. The van der Waals surface area contributed by atoms with Crippen LogP contribution in [-0.4, -0.2) is 31.6 Å². The van der Waals surface area contributed by atoms with E-state index in [4.69, 9.17) is 11.6 Å². The molecule has 5 nitrogen and oxygen atoms in total. The first kappa shape index (κ1) is 23.7. The highest BCUT2D eigenvalue weighted by atomic mass is 35.5. The van der Waals surface area contributed by atoms with E-state index in [1.165, 1.54) is 35.2 Å². The molecule has 0 aliphatic heterocycles. The number of nitrogens with zero attached hydrogens (tertiary/aromatic N) is 3. The largest absolute Gasteiger partial charge is 0.478 e. The first-order valence-corrected chi connectivity index (χ1v) is 11.6. The third-order valence-corrected chi connectivity index (χ3v) is 7.06. The molecule has 0 amide bonds. The van der Waals surface area contributed by atoms with Crippen LogP contribution < -0.4 is 0 Å². The molecular weight excluding hydrogens is 513 g/mol. The van der Waals surface area contributed by atoms with Gasteiger partial charge in [-0.1, -0.05) is 29.4 Å². The Labute approximate surface area is 204 Å². The van der Waals surface area contributed by atoms with Gasteiger partial charge in [0.15, 0.2) is 11.6 Å². The topological polar surface area (TPSA) is 60.0 Å². The van der Waals surface area contributed by atoms with Crippen molar-refractivity contribution in [3.63, 3.8) is 0 Å². The van der Waals surface area contributed by atoms with Crippen molar-refractivity contribution in [2.75, 3.05) is 0 Å². The smallest absolute Gasteiger partial charge is 0.408 e. The molecule has 0 bridgehead atoms. The van der Waals surface area contributed by atoms with Crippen LogP contribution in [-0.2, 0) is 6.54 Å². The molecule has 5 rings (SSSR count).